The Kier molecular flexibility index (Phi) is 3.61. The molecule has 0 aliphatic rings. The molecule has 0 unspecified atom stereocenters. The molecule has 2 aromatic rings. The second kappa shape index (κ2) is 5.05. The van der Waals surface area contributed by atoms with Crippen LogP contribution < -0.4 is 5.32 Å². The number of halogens is 4. The van der Waals surface area contributed by atoms with Crippen molar-refractivity contribution in [1.29, 1.82) is 0 Å². The average molecular weight is 288 g/mol. The Hall–Kier alpha value is -1.82. The SMILES string of the molecule is Cc1cnc(Cl)nc1Nc1ccc(C(F)(F)F)cc1. The molecule has 0 radical (unpaired) electrons. The first-order valence-corrected chi connectivity index (χ1v) is 5.67. The molecule has 7 heteroatoms. The van der Waals surface area contributed by atoms with Crippen LogP contribution in [0.3, 0.4) is 0 Å². The molecule has 1 N–H and O–H groups in total. The molecule has 0 aliphatic heterocycles. The number of nitrogens with one attached hydrogen (secondary N) is 1. The molecule has 0 bridgehead atoms. The zero-order valence-electron chi connectivity index (χ0n) is 9.79. The minimum atomic E-state index is -4.34. The summed E-state index contributed by atoms with van der Waals surface area (Å²) in [6.07, 6.45) is -2.81. The van der Waals surface area contributed by atoms with E-state index in [1.54, 1.807) is 6.92 Å². The van der Waals surface area contributed by atoms with Crippen molar-refractivity contribution in [1.82, 2.24) is 9.97 Å². The summed E-state index contributed by atoms with van der Waals surface area (Å²) in [6.45, 7) is 1.77. The number of anilines is 2. The van der Waals surface area contributed by atoms with Crippen molar-refractivity contribution in [3.05, 3.63) is 46.9 Å². The molecule has 0 amide bonds. The van der Waals surface area contributed by atoms with Gasteiger partial charge in [-0.05, 0) is 42.8 Å². The van der Waals surface area contributed by atoms with Crippen LogP contribution in [0.25, 0.3) is 0 Å². The van der Waals surface area contributed by atoms with Crippen molar-refractivity contribution < 1.29 is 13.2 Å². The molecule has 0 saturated carbocycles. The van der Waals surface area contributed by atoms with Gasteiger partial charge in [0.25, 0.3) is 0 Å². The highest BCUT2D eigenvalue weighted by Gasteiger charge is 2.29. The van der Waals surface area contributed by atoms with Gasteiger partial charge in [-0.15, -0.1) is 0 Å². The molecule has 3 nitrogen and oxygen atoms in total. The Labute approximate surface area is 112 Å². The van der Waals surface area contributed by atoms with Crippen LogP contribution in [0.15, 0.2) is 30.5 Å². The number of hydrogen-bond donors (Lipinski definition) is 1. The summed E-state index contributed by atoms with van der Waals surface area (Å²) < 4.78 is 37.2. The van der Waals surface area contributed by atoms with Gasteiger partial charge in [-0.1, -0.05) is 0 Å². The van der Waals surface area contributed by atoms with Crippen LogP contribution in [-0.4, -0.2) is 9.97 Å². The standard InChI is InChI=1S/C12H9ClF3N3/c1-7-6-17-11(13)19-10(7)18-9-4-2-8(3-5-9)12(14,15)16/h2-6H,1H3,(H,17,18,19). The van der Waals surface area contributed by atoms with Gasteiger partial charge in [0.05, 0.1) is 5.56 Å². The largest absolute Gasteiger partial charge is 0.416 e. The van der Waals surface area contributed by atoms with Crippen LogP contribution in [0.1, 0.15) is 11.1 Å². The Morgan fingerprint density at radius 1 is 1.16 bits per heavy atom. The number of aryl methyl sites for hydroxylation is 1. The maximum Gasteiger partial charge on any atom is 0.416 e. The van der Waals surface area contributed by atoms with Gasteiger partial charge < -0.3 is 5.32 Å². The van der Waals surface area contributed by atoms with Crippen LogP contribution in [0.2, 0.25) is 5.28 Å². The lowest BCUT2D eigenvalue weighted by molar-refractivity contribution is -0.137. The molecule has 19 heavy (non-hydrogen) atoms. The summed E-state index contributed by atoms with van der Waals surface area (Å²) in [5.41, 5.74) is 0.533. The van der Waals surface area contributed by atoms with E-state index >= 15 is 0 Å². The first-order valence-electron chi connectivity index (χ1n) is 5.29. The summed E-state index contributed by atoms with van der Waals surface area (Å²) in [4.78, 5) is 7.75. The average Bonchev–Trinajstić information content (AvgIpc) is 2.33. The summed E-state index contributed by atoms with van der Waals surface area (Å²) in [5.74, 6) is 0.458. The number of alkyl halides is 3. The van der Waals surface area contributed by atoms with E-state index in [9.17, 15) is 13.2 Å². The molecule has 0 spiro atoms. The van der Waals surface area contributed by atoms with Gasteiger partial charge in [0.15, 0.2) is 0 Å². The maximum atomic E-state index is 12.4. The van der Waals surface area contributed by atoms with E-state index in [0.29, 0.717) is 11.5 Å². The monoisotopic (exact) mass is 287 g/mol. The highest BCUT2D eigenvalue weighted by Crippen LogP contribution is 2.30. The predicted octanol–water partition coefficient (Wildman–Crippen LogP) is 4.20. The fraction of sp³-hybridized carbons (Fsp3) is 0.167. The predicted molar refractivity (Wildman–Crippen MR) is 66.5 cm³/mol. The first kappa shape index (κ1) is 13.6. The highest BCUT2D eigenvalue weighted by molar-refractivity contribution is 6.28. The van der Waals surface area contributed by atoms with Crippen molar-refractivity contribution >= 4 is 23.1 Å². The van der Waals surface area contributed by atoms with Gasteiger partial charge in [-0.2, -0.15) is 13.2 Å². The molecule has 0 aliphatic carbocycles. The maximum absolute atomic E-state index is 12.4. The summed E-state index contributed by atoms with van der Waals surface area (Å²) >= 11 is 5.66. The van der Waals surface area contributed by atoms with Gasteiger partial charge in [-0.3, -0.25) is 0 Å². The van der Waals surface area contributed by atoms with Crippen molar-refractivity contribution in [2.45, 2.75) is 13.1 Å². The Balaban J connectivity index is 2.22. The van der Waals surface area contributed by atoms with Gasteiger partial charge in [0.1, 0.15) is 5.82 Å². The zero-order chi connectivity index (χ0) is 14.0. The highest BCUT2D eigenvalue weighted by atomic mass is 35.5. The van der Waals surface area contributed by atoms with Crippen molar-refractivity contribution in [2.24, 2.45) is 0 Å². The zero-order valence-corrected chi connectivity index (χ0v) is 10.5. The van der Waals surface area contributed by atoms with Crippen LogP contribution in [-0.2, 0) is 6.18 Å². The lowest BCUT2D eigenvalue weighted by Crippen LogP contribution is -2.04. The quantitative estimate of drug-likeness (QED) is 0.841. The summed E-state index contributed by atoms with van der Waals surface area (Å²) in [7, 11) is 0. The molecule has 1 aromatic heterocycles. The Morgan fingerprint density at radius 2 is 1.79 bits per heavy atom. The van der Waals surface area contributed by atoms with E-state index in [2.05, 4.69) is 15.3 Å². The molecule has 0 saturated heterocycles. The Morgan fingerprint density at radius 3 is 2.37 bits per heavy atom. The molecule has 1 heterocycles. The Bertz CT molecular complexity index is 582. The number of aromatic nitrogens is 2. The van der Waals surface area contributed by atoms with Crippen LogP contribution >= 0.6 is 11.6 Å². The second-order valence-corrected chi connectivity index (χ2v) is 4.21. The van der Waals surface area contributed by atoms with Crippen LogP contribution in [0.4, 0.5) is 24.7 Å². The van der Waals surface area contributed by atoms with Crippen LogP contribution in [0.5, 0.6) is 0 Å². The number of rotatable bonds is 2. The van der Waals surface area contributed by atoms with E-state index in [1.165, 1.54) is 18.3 Å². The third-order valence-corrected chi connectivity index (χ3v) is 2.60. The number of benzene rings is 1. The minimum absolute atomic E-state index is 0.0695. The van der Waals surface area contributed by atoms with Crippen molar-refractivity contribution in [2.75, 3.05) is 5.32 Å². The van der Waals surface area contributed by atoms with Crippen molar-refractivity contribution in [3.63, 3.8) is 0 Å². The summed E-state index contributed by atoms with van der Waals surface area (Å²) in [6, 6.07) is 4.66. The molecular formula is C12H9ClF3N3. The second-order valence-electron chi connectivity index (χ2n) is 3.87. The van der Waals surface area contributed by atoms with Crippen molar-refractivity contribution in [3.8, 4) is 0 Å². The molecule has 2 rings (SSSR count). The first-order chi connectivity index (χ1) is 8.86. The van der Waals surface area contributed by atoms with E-state index in [-0.39, 0.29) is 5.28 Å². The number of hydrogen-bond acceptors (Lipinski definition) is 3. The molecule has 0 atom stereocenters. The molecule has 100 valence electrons. The fourth-order valence-corrected chi connectivity index (χ4v) is 1.56. The minimum Gasteiger partial charge on any atom is -0.340 e. The summed E-state index contributed by atoms with van der Waals surface area (Å²) in [5, 5.41) is 2.96. The molecule has 1 aromatic carbocycles. The van der Waals surface area contributed by atoms with Crippen LogP contribution in [0, 0.1) is 6.92 Å². The van der Waals surface area contributed by atoms with Gasteiger partial charge in [0, 0.05) is 17.4 Å². The molecule has 0 fully saturated rings. The van der Waals surface area contributed by atoms with Gasteiger partial charge in [0.2, 0.25) is 5.28 Å². The third kappa shape index (κ3) is 3.35. The van der Waals surface area contributed by atoms with E-state index in [0.717, 1.165) is 17.7 Å². The third-order valence-electron chi connectivity index (χ3n) is 2.42. The van der Waals surface area contributed by atoms with Gasteiger partial charge >= 0.3 is 6.18 Å². The fourth-order valence-electron chi connectivity index (χ4n) is 1.43. The number of nitrogens with zero attached hydrogens (tertiary/aromatic N) is 2. The molecular weight excluding hydrogens is 279 g/mol. The van der Waals surface area contributed by atoms with Gasteiger partial charge in [-0.25, -0.2) is 9.97 Å². The lowest BCUT2D eigenvalue weighted by atomic mass is 10.2. The normalized spacial score (nSPS) is 11.4. The van der Waals surface area contributed by atoms with E-state index < -0.39 is 11.7 Å². The van der Waals surface area contributed by atoms with E-state index in [1.807, 2.05) is 0 Å². The lowest BCUT2D eigenvalue weighted by Gasteiger charge is -2.10. The van der Waals surface area contributed by atoms with E-state index in [4.69, 9.17) is 11.6 Å². The topological polar surface area (TPSA) is 37.8 Å². The smallest absolute Gasteiger partial charge is 0.340 e.